The Morgan fingerprint density at radius 1 is 0.426 bits per heavy atom. The minimum absolute atomic E-state index is 0.332. The number of carbonyl (C=O) groups excluding carboxylic acids is 2. The van der Waals surface area contributed by atoms with Crippen molar-refractivity contribution in [3.8, 4) is 23.5 Å². The van der Waals surface area contributed by atoms with Crippen molar-refractivity contribution >= 4 is 61.1 Å². The second-order valence-corrected chi connectivity index (χ2v) is 11.6. The number of aromatic nitrogens is 2. The van der Waals surface area contributed by atoms with Crippen LogP contribution in [0.1, 0.15) is 31.8 Å². The standard InChI is InChI=1S/C40H21N5O2/c41-22-24-13-15-26(16-14-24)43-35-11-5-3-7-29(35)33-21-38-34(20-37(33)43)30-8-4-6-12-36(30)44(38)27-17-25(23-42)18-28(19-27)45-39(46)31-9-1-2-10-32(31)40(45)47/h1-21H. The van der Waals surface area contributed by atoms with Gasteiger partial charge in [-0.2, -0.15) is 10.5 Å². The zero-order chi connectivity index (χ0) is 31.8. The van der Waals surface area contributed by atoms with Gasteiger partial charge >= 0.3 is 0 Å². The second kappa shape index (κ2) is 9.77. The molecule has 1 aliphatic rings. The summed E-state index contributed by atoms with van der Waals surface area (Å²) < 4.78 is 4.31. The van der Waals surface area contributed by atoms with Crippen LogP contribution in [-0.2, 0) is 0 Å². The number of hydrogen-bond acceptors (Lipinski definition) is 4. The molecule has 7 heteroatoms. The van der Waals surface area contributed by atoms with Gasteiger partial charge < -0.3 is 9.13 Å². The summed E-state index contributed by atoms with van der Waals surface area (Å²) in [7, 11) is 0. The Labute approximate surface area is 267 Å². The van der Waals surface area contributed by atoms with Crippen molar-refractivity contribution in [3.63, 3.8) is 0 Å². The molecule has 2 amide bonds. The van der Waals surface area contributed by atoms with Gasteiger partial charge in [0, 0.05) is 32.9 Å². The quantitative estimate of drug-likeness (QED) is 0.189. The SMILES string of the molecule is N#Cc1ccc(-n2c3ccccc3c3cc4c(cc32)c2ccccc2n4-c2cc(C#N)cc(N3C(=O)c4ccccc4C3=O)c2)cc1. The molecule has 9 rings (SSSR count). The Morgan fingerprint density at radius 2 is 0.915 bits per heavy atom. The lowest BCUT2D eigenvalue weighted by Crippen LogP contribution is -2.29. The number of para-hydroxylation sites is 2. The molecular weight excluding hydrogens is 582 g/mol. The molecule has 47 heavy (non-hydrogen) atoms. The minimum atomic E-state index is -0.411. The summed E-state index contributed by atoms with van der Waals surface area (Å²) in [6.45, 7) is 0. The highest BCUT2D eigenvalue weighted by molar-refractivity contribution is 6.34. The van der Waals surface area contributed by atoms with Gasteiger partial charge in [-0.05, 0) is 78.9 Å². The van der Waals surface area contributed by atoms with Gasteiger partial charge in [0.1, 0.15) is 0 Å². The van der Waals surface area contributed by atoms with Gasteiger partial charge in [0.25, 0.3) is 11.8 Å². The van der Waals surface area contributed by atoms with Gasteiger partial charge in [-0.3, -0.25) is 9.59 Å². The van der Waals surface area contributed by atoms with Crippen molar-refractivity contribution in [2.24, 2.45) is 0 Å². The minimum Gasteiger partial charge on any atom is -0.309 e. The fourth-order valence-corrected chi connectivity index (χ4v) is 7.01. The molecule has 0 fully saturated rings. The summed E-state index contributed by atoms with van der Waals surface area (Å²) in [5.41, 5.74) is 7.48. The number of anilines is 1. The van der Waals surface area contributed by atoms with E-state index in [0.29, 0.717) is 33.6 Å². The predicted molar refractivity (Wildman–Crippen MR) is 182 cm³/mol. The monoisotopic (exact) mass is 603 g/mol. The summed E-state index contributed by atoms with van der Waals surface area (Å²) in [5.74, 6) is -0.822. The van der Waals surface area contributed by atoms with Crippen molar-refractivity contribution in [1.82, 2.24) is 9.13 Å². The average molecular weight is 604 g/mol. The van der Waals surface area contributed by atoms with Crippen LogP contribution in [0.3, 0.4) is 0 Å². The second-order valence-electron chi connectivity index (χ2n) is 11.6. The van der Waals surface area contributed by atoms with Crippen LogP contribution in [0.15, 0.2) is 127 Å². The van der Waals surface area contributed by atoms with E-state index in [-0.39, 0.29) is 0 Å². The Bertz CT molecular complexity index is 2720. The number of carbonyl (C=O) groups is 2. The molecule has 0 bridgehead atoms. The molecule has 0 saturated heterocycles. The molecule has 0 N–H and O–H groups in total. The van der Waals surface area contributed by atoms with Crippen LogP contribution in [0.2, 0.25) is 0 Å². The zero-order valence-electron chi connectivity index (χ0n) is 24.7. The number of amides is 2. The third-order valence-corrected chi connectivity index (χ3v) is 9.06. The van der Waals surface area contributed by atoms with Gasteiger partial charge in [0.15, 0.2) is 0 Å². The lowest BCUT2D eigenvalue weighted by Gasteiger charge is -2.17. The molecule has 7 nitrogen and oxygen atoms in total. The highest BCUT2D eigenvalue weighted by atomic mass is 16.2. The van der Waals surface area contributed by atoms with Crippen LogP contribution in [0.25, 0.3) is 55.0 Å². The first-order valence-electron chi connectivity index (χ1n) is 15.1. The third kappa shape index (κ3) is 3.72. The fraction of sp³-hybridized carbons (Fsp3) is 0. The Kier molecular flexibility index (Phi) is 5.50. The first-order valence-corrected chi connectivity index (χ1v) is 15.1. The number of hydrogen-bond donors (Lipinski definition) is 0. The highest BCUT2D eigenvalue weighted by Crippen LogP contribution is 2.40. The predicted octanol–water partition coefficient (Wildman–Crippen LogP) is 8.42. The van der Waals surface area contributed by atoms with E-state index in [2.05, 4.69) is 51.6 Å². The fourth-order valence-electron chi connectivity index (χ4n) is 7.01. The Balaban J connectivity index is 1.33. The molecule has 0 unspecified atom stereocenters. The molecule has 2 aromatic heterocycles. The first-order chi connectivity index (χ1) is 23.1. The van der Waals surface area contributed by atoms with E-state index >= 15 is 0 Å². The highest BCUT2D eigenvalue weighted by Gasteiger charge is 2.36. The number of fused-ring (bicyclic) bond motifs is 7. The maximum Gasteiger partial charge on any atom is 0.266 e. The number of rotatable bonds is 3. The van der Waals surface area contributed by atoms with Crippen molar-refractivity contribution < 1.29 is 9.59 Å². The summed E-state index contributed by atoms with van der Waals surface area (Å²) >= 11 is 0. The van der Waals surface area contributed by atoms with E-state index in [9.17, 15) is 20.1 Å². The summed E-state index contributed by atoms with van der Waals surface area (Å²) in [4.78, 5) is 28.1. The molecule has 8 aromatic rings. The van der Waals surface area contributed by atoms with Crippen LogP contribution >= 0.6 is 0 Å². The molecule has 3 heterocycles. The van der Waals surface area contributed by atoms with Gasteiger partial charge in [0.2, 0.25) is 0 Å². The molecule has 0 spiro atoms. The number of benzene rings is 6. The summed E-state index contributed by atoms with van der Waals surface area (Å²) in [6.07, 6.45) is 0. The zero-order valence-corrected chi connectivity index (χ0v) is 24.7. The van der Waals surface area contributed by atoms with Crippen LogP contribution < -0.4 is 4.90 Å². The molecule has 0 radical (unpaired) electrons. The van der Waals surface area contributed by atoms with Crippen LogP contribution in [-0.4, -0.2) is 20.9 Å². The normalized spacial score (nSPS) is 12.7. The van der Waals surface area contributed by atoms with Crippen LogP contribution in [0, 0.1) is 22.7 Å². The number of nitrogens with zero attached hydrogens (tertiary/aromatic N) is 5. The lowest BCUT2D eigenvalue weighted by atomic mass is 10.1. The van der Waals surface area contributed by atoms with Crippen molar-refractivity contribution in [3.05, 3.63) is 150 Å². The molecule has 218 valence electrons. The van der Waals surface area contributed by atoms with Gasteiger partial charge in [-0.1, -0.05) is 48.5 Å². The largest absolute Gasteiger partial charge is 0.309 e. The summed E-state index contributed by atoms with van der Waals surface area (Å²) in [6, 6.07) is 44.7. The number of imide groups is 1. The molecule has 0 saturated carbocycles. The van der Waals surface area contributed by atoms with Crippen molar-refractivity contribution in [2.45, 2.75) is 0 Å². The van der Waals surface area contributed by atoms with Gasteiger partial charge in [-0.25, -0.2) is 4.90 Å². The van der Waals surface area contributed by atoms with Crippen molar-refractivity contribution in [1.29, 1.82) is 10.5 Å². The van der Waals surface area contributed by atoms with E-state index < -0.39 is 11.8 Å². The molecule has 1 aliphatic heterocycles. The lowest BCUT2D eigenvalue weighted by molar-refractivity contribution is 0.0926. The van der Waals surface area contributed by atoms with E-state index in [1.807, 2.05) is 54.6 Å². The van der Waals surface area contributed by atoms with Gasteiger partial charge in [0.05, 0.1) is 62.1 Å². The van der Waals surface area contributed by atoms with Crippen LogP contribution in [0.4, 0.5) is 5.69 Å². The average Bonchev–Trinajstić information content (AvgIpc) is 3.71. The van der Waals surface area contributed by atoms with Crippen LogP contribution in [0.5, 0.6) is 0 Å². The van der Waals surface area contributed by atoms with Gasteiger partial charge in [-0.15, -0.1) is 0 Å². The molecule has 0 atom stereocenters. The van der Waals surface area contributed by atoms with E-state index in [0.717, 1.165) is 54.2 Å². The van der Waals surface area contributed by atoms with E-state index in [1.165, 1.54) is 0 Å². The first kappa shape index (κ1) is 26.4. The smallest absolute Gasteiger partial charge is 0.266 e. The maximum absolute atomic E-state index is 13.5. The topological polar surface area (TPSA) is 94.8 Å². The molecule has 0 aliphatic carbocycles. The third-order valence-electron chi connectivity index (χ3n) is 9.06. The maximum atomic E-state index is 13.5. The number of nitriles is 2. The van der Waals surface area contributed by atoms with E-state index in [1.54, 1.807) is 42.5 Å². The molecular formula is C40H21N5O2. The Hall–Kier alpha value is -6.96. The Morgan fingerprint density at radius 3 is 1.47 bits per heavy atom. The summed E-state index contributed by atoms with van der Waals surface area (Å²) in [5, 5.41) is 23.6. The van der Waals surface area contributed by atoms with Crippen molar-refractivity contribution in [2.75, 3.05) is 4.90 Å². The van der Waals surface area contributed by atoms with E-state index in [4.69, 9.17) is 0 Å². The molecule has 6 aromatic carbocycles.